The summed E-state index contributed by atoms with van der Waals surface area (Å²) >= 11 is 0. The summed E-state index contributed by atoms with van der Waals surface area (Å²) in [6, 6.07) is 5.24. The minimum absolute atomic E-state index is 0.0191. The standard InChI is InChI=1S/C17H9F13N2/c1-8-2-4-9(5-3-8)10-6-11(32-7-31-10)12(18,19)13(20,21)14(22,23)15(24,25)16(26,27)17(28,29)30/h2-7H,1H3. The van der Waals surface area contributed by atoms with Gasteiger partial charge >= 0.3 is 35.8 Å². The number of alkyl halides is 13. The van der Waals surface area contributed by atoms with E-state index in [1.54, 1.807) is 6.92 Å². The highest BCUT2D eigenvalue weighted by molar-refractivity contribution is 5.59. The molecule has 1 aromatic carbocycles. The summed E-state index contributed by atoms with van der Waals surface area (Å²) in [4.78, 5) is 6.02. The van der Waals surface area contributed by atoms with Crippen molar-refractivity contribution in [3.05, 3.63) is 47.9 Å². The third-order valence-corrected chi connectivity index (χ3v) is 4.27. The van der Waals surface area contributed by atoms with E-state index in [0.717, 1.165) is 0 Å². The van der Waals surface area contributed by atoms with Crippen LogP contribution in [0.3, 0.4) is 0 Å². The van der Waals surface area contributed by atoms with Gasteiger partial charge in [0.05, 0.1) is 5.69 Å². The van der Waals surface area contributed by atoms with E-state index in [2.05, 4.69) is 9.97 Å². The van der Waals surface area contributed by atoms with Crippen LogP contribution in [-0.4, -0.2) is 39.8 Å². The van der Waals surface area contributed by atoms with Gasteiger partial charge in [-0.25, -0.2) is 9.97 Å². The Labute approximate surface area is 170 Å². The van der Waals surface area contributed by atoms with Gasteiger partial charge in [-0.2, -0.15) is 57.1 Å². The molecule has 0 aliphatic rings. The predicted octanol–water partition coefficient (Wildman–Crippen LogP) is 6.65. The molecule has 0 atom stereocenters. The highest BCUT2D eigenvalue weighted by Crippen LogP contribution is 2.61. The summed E-state index contributed by atoms with van der Waals surface area (Å²) in [5.74, 6) is -37.5. The van der Waals surface area contributed by atoms with Crippen LogP contribution in [-0.2, 0) is 5.92 Å². The van der Waals surface area contributed by atoms with Crippen molar-refractivity contribution in [2.24, 2.45) is 0 Å². The fraction of sp³-hybridized carbons (Fsp3) is 0.412. The number of benzene rings is 1. The smallest absolute Gasteiger partial charge is 0.236 e. The Hall–Kier alpha value is -2.61. The number of rotatable bonds is 6. The second-order valence-electron chi connectivity index (χ2n) is 6.52. The summed E-state index contributed by atoms with van der Waals surface area (Å²) in [5, 5.41) is 0. The number of halogens is 13. The number of nitrogens with zero attached hydrogens (tertiary/aromatic N) is 2. The number of aromatic nitrogens is 2. The summed E-state index contributed by atoms with van der Waals surface area (Å²) in [5.41, 5.74) is -2.30. The van der Waals surface area contributed by atoms with Crippen LogP contribution in [0.15, 0.2) is 36.7 Å². The van der Waals surface area contributed by atoms with E-state index in [9.17, 15) is 57.1 Å². The maximum absolute atomic E-state index is 14.2. The normalized spacial score (nSPS) is 14.6. The van der Waals surface area contributed by atoms with E-state index in [0.29, 0.717) is 5.56 Å². The molecule has 0 saturated heterocycles. The average Bonchev–Trinajstić information content (AvgIpc) is 2.67. The minimum Gasteiger partial charge on any atom is -0.236 e. The van der Waals surface area contributed by atoms with Crippen molar-refractivity contribution in [3.8, 4) is 11.3 Å². The van der Waals surface area contributed by atoms with Crippen LogP contribution in [0.2, 0.25) is 0 Å². The van der Waals surface area contributed by atoms with Crippen LogP contribution in [0.5, 0.6) is 0 Å². The van der Waals surface area contributed by atoms with Gasteiger partial charge in [-0.1, -0.05) is 29.8 Å². The first-order chi connectivity index (χ1) is 14.2. The van der Waals surface area contributed by atoms with E-state index in [1.807, 2.05) is 0 Å². The lowest BCUT2D eigenvalue weighted by Gasteiger charge is -2.39. The molecule has 1 aromatic heterocycles. The van der Waals surface area contributed by atoms with Crippen molar-refractivity contribution in [2.45, 2.75) is 42.7 Å². The summed E-state index contributed by atoms with van der Waals surface area (Å²) < 4.78 is 172. The minimum atomic E-state index is -7.96. The summed E-state index contributed by atoms with van der Waals surface area (Å²) in [6.45, 7) is 1.60. The van der Waals surface area contributed by atoms with Crippen molar-refractivity contribution in [3.63, 3.8) is 0 Å². The van der Waals surface area contributed by atoms with Gasteiger partial charge in [0.15, 0.2) is 0 Å². The van der Waals surface area contributed by atoms with Crippen molar-refractivity contribution in [1.29, 1.82) is 0 Å². The third-order valence-electron chi connectivity index (χ3n) is 4.27. The topological polar surface area (TPSA) is 25.8 Å². The van der Waals surface area contributed by atoms with Crippen LogP contribution in [0.25, 0.3) is 11.3 Å². The molecule has 0 unspecified atom stereocenters. The Kier molecular flexibility index (Phi) is 5.99. The first kappa shape index (κ1) is 25.6. The van der Waals surface area contributed by atoms with Gasteiger partial charge in [-0.3, -0.25) is 0 Å². The van der Waals surface area contributed by atoms with Gasteiger partial charge in [0.2, 0.25) is 0 Å². The van der Waals surface area contributed by atoms with E-state index >= 15 is 0 Å². The van der Waals surface area contributed by atoms with Gasteiger partial charge in [0, 0.05) is 5.56 Å². The van der Waals surface area contributed by atoms with Gasteiger partial charge in [-0.15, -0.1) is 0 Å². The van der Waals surface area contributed by atoms with Crippen LogP contribution in [0, 0.1) is 6.92 Å². The molecule has 2 aromatic rings. The largest absolute Gasteiger partial charge is 0.460 e. The first-order valence-electron chi connectivity index (χ1n) is 8.07. The SMILES string of the molecule is Cc1ccc(-c2cc(C(F)(F)C(F)(F)C(F)(F)C(F)(F)C(F)(F)C(F)(F)F)ncn2)cc1. The highest BCUT2D eigenvalue weighted by Gasteiger charge is 2.91. The van der Waals surface area contributed by atoms with E-state index in [1.165, 1.54) is 24.3 Å². The fourth-order valence-electron chi connectivity index (χ4n) is 2.34. The van der Waals surface area contributed by atoms with Crippen molar-refractivity contribution in [2.75, 3.05) is 0 Å². The van der Waals surface area contributed by atoms with Gasteiger partial charge in [0.1, 0.15) is 12.0 Å². The van der Waals surface area contributed by atoms with E-state index in [4.69, 9.17) is 0 Å². The Morgan fingerprint density at radius 3 is 1.53 bits per heavy atom. The number of hydrogen-bond donors (Lipinski definition) is 0. The Morgan fingerprint density at radius 1 is 0.594 bits per heavy atom. The molecule has 178 valence electrons. The molecule has 0 saturated carbocycles. The molecule has 0 amide bonds. The molecule has 0 radical (unpaired) electrons. The van der Waals surface area contributed by atoms with E-state index in [-0.39, 0.29) is 18.0 Å². The molecule has 2 nitrogen and oxygen atoms in total. The summed E-state index contributed by atoms with van der Waals surface area (Å²) in [7, 11) is 0. The molecule has 0 aliphatic heterocycles. The zero-order chi connectivity index (χ0) is 25.0. The Morgan fingerprint density at radius 2 is 1.06 bits per heavy atom. The zero-order valence-electron chi connectivity index (χ0n) is 15.3. The molecule has 1 heterocycles. The van der Waals surface area contributed by atoms with E-state index < -0.39 is 47.2 Å². The molecule has 0 fully saturated rings. The molecule has 0 N–H and O–H groups in total. The fourth-order valence-corrected chi connectivity index (χ4v) is 2.34. The lowest BCUT2D eigenvalue weighted by molar-refractivity contribution is -0.442. The van der Waals surface area contributed by atoms with Gasteiger partial charge in [0.25, 0.3) is 0 Å². The summed E-state index contributed by atoms with van der Waals surface area (Å²) in [6.07, 6.45) is -7.30. The molecule has 0 aliphatic carbocycles. The zero-order valence-corrected chi connectivity index (χ0v) is 15.3. The molecular weight excluding hydrogens is 479 g/mol. The molecule has 2 rings (SSSR count). The Balaban J connectivity index is 2.59. The second kappa shape index (κ2) is 7.47. The van der Waals surface area contributed by atoms with Gasteiger partial charge < -0.3 is 0 Å². The van der Waals surface area contributed by atoms with Crippen molar-refractivity contribution < 1.29 is 57.1 Å². The Bertz CT molecular complexity index is 965. The maximum Gasteiger partial charge on any atom is 0.460 e. The maximum atomic E-state index is 14.2. The van der Waals surface area contributed by atoms with Crippen LogP contribution >= 0.6 is 0 Å². The lowest BCUT2D eigenvalue weighted by Crippen LogP contribution is -2.69. The highest BCUT2D eigenvalue weighted by atomic mass is 19.4. The number of hydrogen-bond acceptors (Lipinski definition) is 2. The third kappa shape index (κ3) is 3.64. The molecule has 32 heavy (non-hydrogen) atoms. The van der Waals surface area contributed by atoms with Crippen molar-refractivity contribution >= 4 is 0 Å². The second-order valence-corrected chi connectivity index (χ2v) is 6.52. The monoisotopic (exact) mass is 488 g/mol. The first-order valence-corrected chi connectivity index (χ1v) is 8.07. The van der Waals surface area contributed by atoms with Crippen LogP contribution in [0.4, 0.5) is 57.1 Å². The van der Waals surface area contributed by atoms with Crippen molar-refractivity contribution in [1.82, 2.24) is 9.97 Å². The quantitative estimate of drug-likeness (QED) is 0.426. The molecule has 0 bridgehead atoms. The molecule has 15 heteroatoms. The average molecular weight is 488 g/mol. The number of aryl methyl sites for hydroxylation is 1. The van der Waals surface area contributed by atoms with Crippen LogP contribution in [0.1, 0.15) is 11.3 Å². The molecule has 0 spiro atoms. The lowest BCUT2D eigenvalue weighted by atomic mass is 9.92. The predicted molar refractivity (Wildman–Crippen MR) is 81.9 cm³/mol. The molecular formula is C17H9F13N2. The van der Waals surface area contributed by atoms with Gasteiger partial charge in [-0.05, 0) is 13.0 Å². The van der Waals surface area contributed by atoms with Crippen LogP contribution < -0.4 is 0 Å².